The van der Waals surface area contributed by atoms with Crippen molar-refractivity contribution in [2.24, 2.45) is 0 Å². The van der Waals surface area contributed by atoms with Gasteiger partial charge in [-0.2, -0.15) is 0 Å². The zero-order valence-corrected chi connectivity index (χ0v) is 13.8. The Bertz CT molecular complexity index is 527. The van der Waals surface area contributed by atoms with Gasteiger partial charge in [-0.15, -0.1) is 0 Å². The van der Waals surface area contributed by atoms with Gasteiger partial charge in [0.25, 0.3) is 0 Å². The van der Waals surface area contributed by atoms with Crippen molar-refractivity contribution in [3.8, 4) is 17.2 Å². The quantitative estimate of drug-likeness (QED) is 0.925. The first-order chi connectivity index (χ1) is 10.8. The molecule has 22 heavy (non-hydrogen) atoms. The maximum absolute atomic E-state index is 5.74. The average molecular weight is 306 g/mol. The number of nitrogens with one attached hydrogen (secondary N) is 1. The molecule has 2 heterocycles. The summed E-state index contributed by atoms with van der Waals surface area (Å²) in [5.74, 6) is 2.26. The van der Waals surface area contributed by atoms with Crippen LogP contribution in [0.3, 0.4) is 0 Å². The molecule has 122 valence electrons. The fraction of sp³-hybridized carbons (Fsp3) is 0.647. The first-order valence-electron chi connectivity index (χ1n) is 8.06. The number of ether oxygens (including phenoxy) is 3. The van der Waals surface area contributed by atoms with Gasteiger partial charge in [0.05, 0.1) is 27.4 Å². The minimum absolute atomic E-state index is 0.346. The Balaban J connectivity index is 2.07. The first kappa shape index (κ1) is 15.4. The Morgan fingerprint density at radius 3 is 2.36 bits per heavy atom. The van der Waals surface area contributed by atoms with Crippen LogP contribution in [0.2, 0.25) is 0 Å². The van der Waals surface area contributed by atoms with Crippen LogP contribution >= 0.6 is 0 Å². The second-order valence-electron chi connectivity index (χ2n) is 5.96. The molecule has 2 aliphatic rings. The molecule has 0 spiro atoms. The van der Waals surface area contributed by atoms with E-state index >= 15 is 0 Å². The highest BCUT2D eigenvalue weighted by atomic mass is 16.5. The number of rotatable bonds is 4. The Labute approximate surface area is 132 Å². The Kier molecular flexibility index (Phi) is 4.74. The highest BCUT2D eigenvalue weighted by Gasteiger charge is 2.32. The highest BCUT2D eigenvalue weighted by molar-refractivity contribution is 5.60. The molecule has 0 saturated carbocycles. The molecule has 0 radical (unpaired) electrons. The molecule has 0 aliphatic carbocycles. The third kappa shape index (κ3) is 2.63. The molecule has 1 atom stereocenters. The standard InChI is InChI=1S/C17H26N2O3/c1-20-14-9-12-10-18-11-13(19-7-5-4-6-8-19)15(12)17(22-3)16(14)21-2/h9,13,18H,4-8,10-11H2,1-3H3/t13-/m1/s1. The largest absolute Gasteiger partial charge is 0.493 e. The smallest absolute Gasteiger partial charge is 0.203 e. The van der Waals surface area contributed by atoms with Gasteiger partial charge in [0.2, 0.25) is 5.75 Å². The fourth-order valence-electron chi connectivity index (χ4n) is 3.73. The molecule has 0 bridgehead atoms. The molecule has 5 heteroatoms. The van der Waals surface area contributed by atoms with Crippen molar-refractivity contribution in [3.63, 3.8) is 0 Å². The molecular formula is C17H26N2O3. The van der Waals surface area contributed by atoms with Gasteiger partial charge in [0.15, 0.2) is 11.5 Å². The molecular weight excluding hydrogens is 280 g/mol. The molecule has 0 unspecified atom stereocenters. The van der Waals surface area contributed by atoms with Crippen molar-refractivity contribution >= 4 is 0 Å². The predicted molar refractivity (Wildman–Crippen MR) is 86.0 cm³/mol. The maximum atomic E-state index is 5.74. The molecule has 0 aromatic heterocycles. The van der Waals surface area contributed by atoms with E-state index in [1.165, 1.54) is 30.4 Å². The van der Waals surface area contributed by atoms with Gasteiger partial charge in [-0.1, -0.05) is 6.42 Å². The second-order valence-corrected chi connectivity index (χ2v) is 5.96. The summed E-state index contributed by atoms with van der Waals surface area (Å²) in [6, 6.07) is 2.43. The number of hydrogen-bond acceptors (Lipinski definition) is 5. The second kappa shape index (κ2) is 6.75. The van der Waals surface area contributed by atoms with Crippen LogP contribution in [-0.4, -0.2) is 45.9 Å². The molecule has 0 amide bonds. The minimum atomic E-state index is 0.346. The summed E-state index contributed by atoms with van der Waals surface area (Å²) in [5.41, 5.74) is 2.51. The number of benzene rings is 1. The van der Waals surface area contributed by atoms with E-state index in [9.17, 15) is 0 Å². The van der Waals surface area contributed by atoms with Crippen LogP contribution < -0.4 is 19.5 Å². The SMILES string of the molecule is COc1cc2c(c(OC)c1OC)[C@H](N1CCCCC1)CNC2. The normalized spacial score (nSPS) is 22.0. The number of likely N-dealkylation sites (tertiary alicyclic amines) is 1. The van der Waals surface area contributed by atoms with Gasteiger partial charge in [0, 0.05) is 18.7 Å². The van der Waals surface area contributed by atoms with E-state index in [-0.39, 0.29) is 0 Å². The van der Waals surface area contributed by atoms with Crippen LogP contribution in [0, 0.1) is 0 Å². The summed E-state index contributed by atoms with van der Waals surface area (Å²) in [7, 11) is 5.05. The molecule has 1 fully saturated rings. The molecule has 1 aromatic carbocycles. The minimum Gasteiger partial charge on any atom is -0.493 e. The van der Waals surface area contributed by atoms with Crippen LogP contribution in [0.25, 0.3) is 0 Å². The number of hydrogen-bond donors (Lipinski definition) is 1. The third-order valence-corrected chi connectivity index (χ3v) is 4.77. The molecule has 1 aromatic rings. The Morgan fingerprint density at radius 1 is 1.00 bits per heavy atom. The van der Waals surface area contributed by atoms with Crippen molar-refractivity contribution in [3.05, 3.63) is 17.2 Å². The number of fused-ring (bicyclic) bond motifs is 1. The molecule has 1 saturated heterocycles. The van der Waals surface area contributed by atoms with Gasteiger partial charge in [-0.05, 0) is 37.6 Å². The van der Waals surface area contributed by atoms with Crippen LogP contribution in [0.15, 0.2) is 6.07 Å². The number of methoxy groups -OCH3 is 3. The molecule has 2 aliphatic heterocycles. The summed E-state index contributed by atoms with van der Waals surface area (Å²) >= 11 is 0. The number of nitrogens with zero attached hydrogens (tertiary/aromatic N) is 1. The fourth-order valence-corrected chi connectivity index (χ4v) is 3.73. The Hall–Kier alpha value is -1.46. The molecule has 5 nitrogen and oxygen atoms in total. The van der Waals surface area contributed by atoms with E-state index < -0.39 is 0 Å². The van der Waals surface area contributed by atoms with Gasteiger partial charge < -0.3 is 19.5 Å². The van der Waals surface area contributed by atoms with Gasteiger partial charge in [-0.3, -0.25) is 4.90 Å². The molecule has 3 rings (SSSR count). The summed E-state index contributed by atoms with van der Waals surface area (Å²) in [6.07, 6.45) is 3.90. The molecule has 1 N–H and O–H groups in total. The van der Waals surface area contributed by atoms with E-state index in [0.29, 0.717) is 11.8 Å². The topological polar surface area (TPSA) is 43.0 Å². The van der Waals surface area contributed by atoms with Gasteiger partial charge >= 0.3 is 0 Å². The van der Waals surface area contributed by atoms with E-state index in [0.717, 1.165) is 37.7 Å². The lowest BCUT2D eigenvalue weighted by molar-refractivity contribution is 0.150. The van der Waals surface area contributed by atoms with Gasteiger partial charge in [-0.25, -0.2) is 0 Å². The van der Waals surface area contributed by atoms with Crippen LogP contribution in [-0.2, 0) is 6.54 Å². The van der Waals surface area contributed by atoms with E-state index in [2.05, 4.69) is 16.3 Å². The summed E-state index contributed by atoms with van der Waals surface area (Å²) in [4.78, 5) is 2.57. The predicted octanol–water partition coefficient (Wildman–Crippen LogP) is 2.34. The summed E-state index contributed by atoms with van der Waals surface area (Å²) in [6.45, 7) is 4.11. The highest BCUT2D eigenvalue weighted by Crippen LogP contribution is 2.47. The van der Waals surface area contributed by atoms with Crippen molar-refractivity contribution in [2.45, 2.75) is 31.8 Å². The van der Waals surface area contributed by atoms with E-state index in [4.69, 9.17) is 14.2 Å². The average Bonchev–Trinajstić information content (AvgIpc) is 2.60. The lowest BCUT2D eigenvalue weighted by atomic mass is 9.92. The van der Waals surface area contributed by atoms with Crippen molar-refractivity contribution in [2.75, 3.05) is 41.0 Å². The van der Waals surface area contributed by atoms with Crippen molar-refractivity contribution < 1.29 is 14.2 Å². The monoisotopic (exact) mass is 306 g/mol. The van der Waals surface area contributed by atoms with E-state index in [1.807, 2.05) is 0 Å². The zero-order chi connectivity index (χ0) is 15.5. The van der Waals surface area contributed by atoms with Crippen molar-refractivity contribution in [1.82, 2.24) is 10.2 Å². The number of piperidine rings is 1. The Morgan fingerprint density at radius 2 is 1.73 bits per heavy atom. The van der Waals surface area contributed by atoms with Crippen LogP contribution in [0.4, 0.5) is 0 Å². The maximum Gasteiger partial charge on any atom is 0.203 e. The lowest BCUT2D eigenvalue weighted by Gasteiger charge is -2.39. The first-order valence-corrected chi connectivity index (χ1v) is 8.06. The van der Waals surface area contributed by atoms with E-state index in [1.54, 1.807) is 21.3 Å². The van der Waals surface area contributed by atoms with Crippen LogP contribution in [0.1, 0.15) is 36.4 Å². The van der Waals surface area contributed by atoms with Crippen LogP contribution in [0.5, 0.6) is 17.2 Å². The van der Waals surface area contributed by atoms with Gasteiger partial charge in [0.1, 0.15) is 0 Å². The third-order valence-electron chi connectivity index (χ3n) is 4.77. The lowest BCUT2D eigenvalue weighted by Crippen LogP contribution is -2.42. The van der Waals surface area contributed by atoms with Crippen molar-refractivity contribution in [1.29, 1.82) is 0 Å². The summed E-state index contributed by atoms with van der Waals surface area (Å²) < 4.78 is 16.8. The zero-order valence-electron chi connectivity index (χ0n) is 13.8. The summed E-state index contributed by atoms with van der Waals surface area (Å²) in [5, 5.41) is 3.53.